The SMILES string of the molecule is CCc1ccc2c(c1)Sc1cc(CC)ccc1N2. The Balaban J connectivity index is 2.01. The van der Waals surface area contributed by atoms with Crippen molar-refractivity contribution in [3.8, 4) is 0 Å². The number of hydrogen-bond acceptors (Lipinski definition) is 2. The Labute approximate surface area is 113 Å². The maximum absolute atomic E-state index is 3.52. The molecule has 2 heteroatoms. The van der Waals surface area contributed by atoms with Crippen molar-refractivity contribution in [2.24, 2.45) is 0 Å². The maximum Gasteiger partial charge on any atom is 0.0526 e. The molecule has 0 aliphatic carbocycles. The second-order valence-electron chi connectivity index (χ2n) is 4.60. The standard InChI is InChI=1S/C16H17NS/c1-3-11-5-7-13-15(9-11)18-16-10-12(4-2)6-8-14(16)17-13/h5-10,17H,3-4H2,1-2H3. The Hall–Kier alpha value is -1.41. The predicted octanol–water partition coefficient (Wildman–Crippen LogP) is 5.02. The first-order valence-electron chi connectivity index (χ1n) is 6.51. The molecule has 0 aromatic heterocycles. The molecule has 1 heterocycles. The third-order valence-corrected chi connectivity index (χ3v) is 4.51. The number of aryl methyl sites for hydroxylation is 2. The highest BCUT2D eigenvalue weighted by Crippen LogP contribution is 2.44. The average Bonchev–Trinajstić information content (AvgIpc) is 2.43. The van der Waals surface area contributed by atoms with Crippen LogP contribution in [0.4, 0.5) is 11.4 Å². The molecule has 2 aromatic rings. The molecule has 18 heavy (non-hydrogen) atoms. The van der Waals surface area contributed by atoms with Crippen LogP contribution in [0.3, 0.4) is 0 Å². The summed E-state index contributed by atoms with van der Waals surface area (Å²) in [5.41, 5.74) is 5.26. The van der Waals surface area contributed by atoms with Gasteiger partial charge in [-0.3, -0.25) is 0 Å². The van der Waals surface area contributed by atoms with Crippen LogP contribution in [0.15, 0.2) is 46.2 Å². The second-order valence-corrected chi connectivity index (χ2v) is 5.68. The number of hydrogen-bond donors (Lipinski definition) is 1. The first-order chi connectivity index (χ1) is 8.80. The van der Waals surface area contributed by atoms with Crippen molar-refractivity contribution in [3.05, 3.63) is 47.5 Å². The van der Waals surface area contributed by atoms with Gasteiger partial charge in [0.15, 0.2) is 0 Å². The first kappa shape index (κ1) is 11.7. The summed E-state index contributed by atoms with van der Waals surface area (Å²) in [6.07, 6.45) is 2.19. The van der Waals surface area contributed by atoms with Crippen LogP contribution in [0, 0.1) is 0 Å². The molecule has 1 aliphatic heterocycles. The minimum atomic E-state index is 1.09. The molecule has 0 spiro atoms. The Kier molecular flexibility index (Phi) is 3.04. The van der Waals surface area contributed by atoms with Crippen LogP contribution in [0.2, 0.25) is 0 Å². The number of nitrogens with one attached hydrogen (secondary N) is 1. The fraction of sp³-hybridized carbons (Fsp3) is 0.250. The van der Waals surface area contributed by atoms with Crippen LogP contribution in [-0.2, 0) is 12.8 Å². The van der Waals surface area contributed by atoms with Gasteiger partial charge in [-0.05, 0) is 48.2 Å². The molecule has 1 N–H and O–H groups in total. The zero-order valence-corrected chi connectivity index (χ0v) is 11.6. The van der Waals surface area contributed by atoms with Crippen molar-refractivity contribution in [1.29, 1.82) is 0 Å². The zero-order valence-electron chi connectivity index (χ0n) is 10.8. The molecule has 0 bridgehead atoms. The minimum Gasteiger partial charge on any atom is -0.354 e. The van der Waals surface area contributed by atoms with Gasteiger partial charge in [-0.25, -0.2) is 0 Å². The summed E-state index contributed by atoms with van der Waals surface area (Å²) in [5.74, 6) is 0. The summed E-state index contributed by atoms with van der Waals surface area (Å²) in [6.45, 7) is 4.40. The number of benzene rings is 2. The van der Waals surface area contributed by atoms with Crippen molar-refractivity contribution in [1.82, 2.24) is 0 Å². The van der Waals surface area contributed by atoms with Crippen LogP contribution < -0.4 is 5.32 Å². The fourth-order valence-corrected chi connectivity index (χ4v) is 3.33. The number of rotatable bonds is 2. The van der Waals surface area contributed by atoms with E-state index in [-0.39, 0.29) is 0 Å². The van der Waals surface area contributed by atoms with E-state index >= 15 is 0 Å². The molecule has 0 saturated carbocycles. The lowest BCUT2D eigenvalue weighted by Gasteiger charge is -2.22. The molecule has 1 nitrogen and oxygen atoms in total. The summed E-state index contributed by atoms with van der Waals surface area (Å²) < 4.78 is 0. The van der Waals surface area contributed by atoms with Gasteiger partial charge in [0.1, 0.15) is 0 Å². The summed E-state index contributed by atoms with van der Waals surface area (Å²) in [6, 6.07) is 13.4. The van der Waals surface area contributed by atoms with Crippen LogP contribution in [-0.4, -0.2) is 0 Å². The summed E-state index contributed by atoms with van der Waals surface area (Å²) in [5, 5.41) is 3.52. The average molecular weight is 255 g/mol. The molecular formula is C16H17NS. The molecule has 0 fully saturated rings. The largest absolute Gasteiger partial charge is 0.354 e. The van der Waals surface area contributed by atoms with Gasteiger partial charge in [0.25, 0.3) is 0 Å². The topological polar surface area (TPSA) is 12.0 Å². The summed E-state index contributed by atoms with van der Waals surface area (Å²) in [7, 11) is 0. The normalized spacial score (nSPS) is 12.6. The lowest BCUT2D eigenvalue weighted by molar-refractivity contribution is 1.11. The van der Waals surface area contributed by atoms with E-state index in [1.165, 1.54) is 32.3 Å². The molecule has 1 aliphatic rings. The van der Waals surface area contributed by atoms with Crippen molar-refractivity contribution in [2.45, 2.75) is 36.5 Å². The van der Waals surface area contributed by atoms with Gasteiger partial charge < -0.3 is 5.32 Å². The Morgan fingerprint density at radius 3 is 1.78 bits per heavy atom. The summed E-state index contributed by atoms with van der Waals surface area (Å²) in [4.78, 5) is 2.69. The third kappa shape index (κ3) is 2.01. The van der Waals surface area contributed by atoms with Crippen molar-refractivity contribution < 1.29 is 0 Å². The van der Waals surface area contributed by atoms with Gasteiger partial charge in [-0.1, -0.05) is 37.7 Å². The molecule has 3 rings (SSSR count). The molecule has 0 saturated heterocycles. The molecule has 2 aromatic carbocycles. The van der Waals surface area contributed by atoms with Gasteiger partial charge in [-0.2, -0.15) is 0 Å². The lowest BCUT2D eigenvalue weighted by Crippen LogP contribution is -2.01. The highest BCUT2D eigenvalue weighted by atomic mass is 32.2. The smallest absolute Gasteiger partial charge is 0.0526 e. The van der Waals surface area contributed by atoms with Crippen molar-refractivity contribution in [3.63, 3.8) is 0 Å². The second kappa shape index (κ2) is 4.69. The van der Waals surface area contributed by atoms with Gasteiger partial charge >= 0.3 is 0 Å². The third-order valence-electron chi connectivity index (χ3n) is 3.40. The lowest BCUT2D eigenvalue weighted by atomic mass is 10.1. The minimum absolute atomic E-state index is 1.09. The molecule has 0 atom stereocenters. The van der Waals surface area contributed by atoms with E-state index in [0.29, 0.717) is 0 Å². The quantitative estimate of drug-likeness (QED) is 0.690. The number of anilines is 2. The van der Waals surface area contributed by atoms with Gasteiger partial charge in [0.05, 0.1) is 11.4 Å². The fourth-order valence-electron chi connectivity index (χ4n) is 2.21. The number of fused-ring (bicyclic) bond motifs is 2. The van der Waals surface area contributed by atoms with Crippen LogP contribution >= 0.6 is 11.8 Å². The van der Waals surface area contributed by atoms with E-state index < -0.39 is 0 Å². The highest BCUT2D eigenvalue weighted by molar-refractivity contribution is 7.99. The van der Waals surface area contributed by atoms with E-state index in [4.69, 9.17) is 0 Å². The van der Waals surface area contributed by atoms with Gasteiger partial charge in [-0.15, -0.1) is 0 Å². The van der Waals surface area contributed by atoms with E-state index in [1.54, 1.807) is 0 Å². The monoisotopic (exact) mass is 255 g/mol. The molecular weight excluding hydrogens is 238 g/mol. The molecule has 92 valence electrons. The van der Waals surface area contributed by atoms with Crippen LogP contribution in [0.1, 0.15) is 25.0 Å². The zero-order chi connectivity index (χ0) is 12.5. The predicted molar refractivity (Wildman–Crippen MR) is 79.0 cm³/mol. The van der Waals surface area contributed by atoms with E-state index in [1.807, 2.05) is 11.8 Å². The molecule has 0 radical (unpaired) electrons. The maximum atomic E-state index is 3.52. The van der Waals surface area contributed by atoms with Gasteiger partial charge in [0, 0.05) is 9.79 Å². The van der Waals surface area contributed by atoms with Crippen molar-refractivity contribution >= 4 is 23.1 Å². The van der Waals surface area contributed by atoms with E-state index in [2.05, 4.69) is 55.6 Å². The van der Waals surface area contributed by atoms with Crippen LogP contribution in [0.5, 0.6) is 0 Å². The van der Waals surface area contributed by atoms with Crippen LogP contribution in [0.25, 0.3) is 0 Å². The first-order valence-corrected chi connectivity index (χ1v) is 7.32. The van der Waals surface area contributed by atoms with E-state index in [9.17, 15) is 0 Å². The molecule has 0 unspecified atom stereocenters. The van der Waals surface area contributed by atoms with Gasteiger partial charge in [0.2, 0.25) is 0 Å². The highest BCUT2D eigenvalue weighted by Gasteiger charge is 2.15. The molecule has 0 amide bonds. The Morgan fingerprint density at radius 1 is 0.833 bits per heavy atom. The Bertz CT molecular complexity index is 538. The summed E-state index contributed by atoms with van der Waals surface area (Å²) >= 11 is 1.88. The van der Waals surface area contributed by atoms with E-state index in [0.717, 1.165) is 12.8 Å². The Morgan fingerprint density at radius 2 is 1.33 bits per heavy atom. The van der Waals surface area contributed by atoms with Crippen molar-refractivity contribution in [2.75, 3.05) is 5.32 Å².